The summed E-state index contributed by atoms with van der Waals surface area (Å²) < 4.78 is 0. The third-order valence-electron chi connectivity index (χ3n) is 4.54. The highest BCUT2D eigenvalue weighted by Gasteiger charge is 2.25. The first-order chi connectivity index (χ1) is 9.06. The molecule has 0 aromatic rings. The minimum atomic E-state index is -0.135. The zero-order valence-electron chi connectivity index (χ0n) is 12.0. The molecule has 2 N–H and O–H groups in total. The summed E-state index contributed by atoms with van der Waals surface area (Å²) in [6.45, 7) is 9.15. The van der Waals surface area contributed by atoms with E-state index in [0.717, 1.165) is 38.9 Å². The van der Waals surface area contributed by atoms with Crippen LogP contribution in [0.4, 0.5) is 0 Å². The van der Waals surface area contributed by atoms with Gasteiger partial charge in [0.1, 0.15) is 0 Å². The standard InChI is InChI=1S/C16H26N2O/c1-12(2)14-7-5-13(6-8-14)10-18-9-3-4-15(11-18)16(17)19/h5,14-15H,1,3-4,6-11H2,2H3,(H2,17,19)/t14-,15-/m1/s1. The molecule has 0 saturated carbocycles. The van der Waals surface area contributed by atoms with Gasteiger partial charge in [-0.05, 0) is 51.5 Å². The SMILES string of the molecule is C=C(C)[C@@H]1CC=C(CN2CCC[C@@H](C(N)=O)C2)CC1. The van der Waals surface area contributed by atoms with Crippen molar-refractivity contribution < 1.29 is 4.79 Å². The predicted octanol–water partition coefficient (Wildman–Crippen LogP) is 2.49. The first-order valence-electron chi connectivity index (χ1n) is 7.41. The molecule has 2 atom stereocenters. The largest absolute Gasteiger partial charge is 0.369 e. The molecule has 1 heterocycles. The Labute approximate surface area is 116 Å². The fourth-order valence-electron chi connectivity index (χ4n) is 3.20. The van der Waals surface area contributed by atoms with Crippen molar-refractivity contribution in [2.75, 3.05) is 19.6 Å². The van der Waals surface area contributed by atoms with Crippen LogP contribution in [0.2, 0.25) is 0 Å². The molecule has 2 aliphatic rings. The fourth-order valence-corrected chi connectivity index (χ4v) is 3.20. The van der Waals surface area contributed by atoms with E-state index in [9.17, 15) is 4.79 Å². The van der Waals surface area contributed by atoms with E-state index in [2.05, 4.69) is 24.5 Å². The first kappa shape index (κ1) is 14.3. The molecule has 2 rings (SSSR count). The number of carbonyl (C=O) groups is 1. The Balaban J connectivity index is 1.85. The average molecular weight is 262 g/mol. The number of hydrogen-bond donors (Lipinski definition) is 1. The van der Waals surface area contributed by atoms with E-state index in [1.165, 1.54) is 24.0 Å². The molecular formula is C16H26N2O. The molecule has 0 aromatic carbocycles. The maximum atomic E-state index is 11.3. The molecule has 3 heteroatoms. The number of amides is 1. The molecule has 19 heavy (non-hydrogen) atoms. The summed E-state index contributed by atoms with van der Waals surface area (Å²) in [6, 6.07) is 0. The molecule has 0 aromatic heterocycles. The lowest BCUT2D eigenvalue weighted by Crippen LogP contribution is -2.42. The lowest BCUT2D eigenvalue weighted by Gasteiger charge is -2.33. The number of nitrogens with two attached hydrogens (primary N) is 1. The second-order valence-electron chi connectivity index (χ2n) is 6.16. The molecular weight excluding hydrogens is 236 g/mol. The van der Waals surface area contributed by atoms with Crippen LogP contribution in [-0.2, 0) is 4.79 Å². The zero-order valence-corrected chi connectivity index (χ0v) is 12.0. The third-order valence-corrected chi connectivity index (χ3v) is 4.54. The van der Waals surface area contributed by atoms with E-state index >= 15 is 0 Å². The van der Waals surface area contributed by atoms with E-state index in [0.29, 0.717) is 5.92 Å². The molecule has 1 fully saturated rings. The summed E-state index contributed by atoms with van der Waals surface area (Å²) in [5.74, 6) is 0.592. The van der Waals surface area contributed by atoms with Gasteiger partial charge in [0, 0.05) is 13.1 Å². The average Bonchev–Trinajstić information content (AvgIpc) is 2.39. The van der Waals surface area contributed by atoms with Gasteiger partial charge in [0.2, 0.25) is 5.91 Å². The molecule has 1 saturated heterocycles. The van der Waals surface area contributed by atoms with Gasteiger partial charge >= 0.3 is 0 Å². The Morgan fingerprint density at radius 3 is 2.84 bits per heavy atom. The maximum absolute atomic E-state index is 11.3. The fraction of sp³-hybridized carbons (Fsp3) is 0.688. The van der Waals surface area contributed by atoms with Crippen molar-refractivity contribution in [1.82, 2.24) is 4.90 Å². The minimum Gasteiger partial charge on any atom is -0.369 e. The Morgan fingerprint density at radius 1 is 1.47 bits per heavy atom. The lowest BCUT2D eigenvalue weighted by atomic mass is 9.85. The van der Waals surface area contributed by atoms with Crippen molar-refractivity contribution in [1.29, 1.82) is 0 Å². The van der Waals surface area contributed by atoms with Crippen molar-refractivity contribution in [3.63, 3.8) is 0 Å². The minimum absolute atomic E-state index is 0.0566. The van der Waals surface area contributed by atoms with Gasteiger partial charge in [-0.15, -0.1) is 0 Å². The van der Waals surface area contributed by atoms with E-state index in [-0.39, 0.29) is 11.8 Å². The van der Waals surface area contributed by atoms with Crippen LogP contribution < -0.4 is 5.73 Å². The smallest absolute Gasteiger partial charge is 0.221 e. The second-order valence-corrected chi connectivity index (χ2v) is 6.16. The van der Waals surface area contributed by atoms with Crippen molar-refractivity contribution in [2.45, 2.75) is 39.0 Å². The lowest BCUT2D eigenvalue weighted by molar-refractivity contribution is -0.123. The summed E-state index contributed by atoms with van der Waals surface area (Å²) in [5, 5.41) is 0. The summed E-state index contributed by atoms with van der Waals surface area (Å²) in [5.41, 5.74) is 8.26. The van der Waals surface area contributed by atoms with Gasteiger partial charge in [0.25, 0.3) is 0 Å². The Bertz CT molecular complexity index is 386. The van der Waals surface area contributed by atoms with Crippen LogP contribution in [0.15, 0.2) is 23.8 Å². The van der Waals surface area contributed by atoms with Crippen molar-refractivity contribution in [3.8, 4) is 0 Å². The number of rotatable bonds is 4. The van der Waals surface area contributed by atoms with E-state index in [1.54, 1.807) is 0 Å². The quantitative estimate of drug-likeness (QED) is 0.791. The molecule has 1 aliphatic heterocycles. The molecule has 1 amide bonds. The number of likely N-dealkylation sites (tertiary alicyclic amines) is 1. The molecule has 0 radical (unpaired) electrons. The van der Waals surface area contributed by atoms with Crippen molar-refractivity contribution in [2.24, 2.45) is 17.6 Å². The highest BCUT2D eigenvalue weighted by Crippen LogP contribution is 2.29. The Hall–Kier alpha value is -1.09. The van der Waals surface area contributed by atoms with Crippen LogP contribution in [0.3, 0.4) is 0 Å². The predicted molar refractivity (Wildman–Crippen MR) is 78.6 cm³/mol. The third kappa shape index (κ3) is 3.93. The summed E-state index contributed by atoms with van der Waals surface area (Å²) in [4.78, 5) is 13.7. The van der Waals surface area contributed by atoms with Gasteiger partial charge < -0.3 is 5.73 Å². The summed E-state index contributed by atoms with van der Waals surface area (Å²) in [7, 11) is 0. The van der Waals surface area contributed by atoms with Gasteiger partial charge in [0.15, 0.2) is 0 Å². The number of allylic oxidation sites excluding steroid dienone is 2. The molecule has 0 unspecified atom stereocenters. The van der Waals surface area contributed by atoms with Crippen molar-refractivity contribution in [3.05, 3.63) is 23.8 Å². The molecule has 106 valence electrons. The number of nitrogens with zero attached hydrogens (tertiary/aromatic N) is 1. The van der Waals surface area contributed by atoms with Crippen LogP contribution in [0.1, 0.15) is 39.0 Å². The first-order valence-corrected chi connectivity index (χ1v) is 7.41. The van der Waals surface area contributed by atoms with Crippen LogP contribution in [0, 0.1) is 11.8 Å². The number of carbonyl (C=O) groups excluding carboxylic acids is 1. The van der Waals surface area contributed by atoms with E-state index in [1.807, 2.05) is 0 Å². The van der Waals surface area contributed by atoms with E-state index in [4.69, 9.17) is 5.73 Å². The molecule has 1 aliphatic carbocycles. The number of hydrogen-bond acceptors (Lipinski definition) is 2. The Morgan fingerprint density at radius 2 is 2.26 bits per heavy atom. The van der Waals surface area contributed by atoms with Crippen LogP contribution >= 0.6 is 0 Å². The van der Waals surface area contributed by atoms with Crippen molar-refractivity contribution >= 4 is 5.91 Å². The van der Waals surface area contributed by atoms with E-state index < -0.39 is 0 Å². The number of piperidine rings is 1. The number of primary amides is 1. The molecule has 3 nitrogen and oxygen atoms in total. The van der Waals surface area contributed by atoms with Crippen LogP contribution in [0.5, 0.6) is 0 Å². The van der Waals surface area contributed by atoms with Crippen LogP contribution in [-0.4, -0.2) is 30.4 Å². The van der Waals surface area contributed by atoms with Crippen LogP contribution in [0.25, 0.3) is 0 Å². The summed E-state index contributed by atoms with van der Waals surface area (Å²) >= 11 is 0. The van der Waals surface area contributed by atoms with Gasteiger partial charge in [-0.25, -0.2) is 0 Å². The van der Waals surface area contributed by atoms with Gasteiger partial charge in [0.05, 0.1) is 5.92 Å². The Kier molecular flexibility index (Phi) is 4.81. The molecule has 0 bridgehead atoms. The molecule has 0 spiro atoms. The normalized spacial score (nSPS) is 28.8. The summed E-state index contributed by atoms with van der Waals surface area (Å²) in [6.07, 6.45) is 7.98. The zero-order chi connectivity index (χ0) is 13.8. The maximum Gasteiger partial charge on any atom is 0.221 e. The van der Waals surface area contributed by atoms with Gasteiger partial charge in [-0.2, -0.15) is 0 Å². The van der Waals surface area contributed by atoms with Gasteiger partial charge in [-0.1, -0.05) is 23.8 Å². The highest BCUT2D eigenvalue weighted by molar-refractivity contribution is 5.76. The van der Waals surface area contributed by atoms with Gasteiger partial charge in [-0.3, -0.25) is 9.69 Å². The topological polar surface area (TPSA) is 46.3 Å². The second kappa shape index (κ2) is 6.38. The highest BCUT2D eigenvalue weighted by atomic mass is 16.1. The monoisotopic (exact) mass is 262 g/mol.